The summed E-state index contributed by atoms with van der Waals surface area (Å²) in [7, 11) is 0. The molecule has 0 aliphatic heterocycles. The first-order valence-corrected chi connectivity index (χ1v) is 8.57. The minimum absolute atomic E-state index is 0.0639. The molecule has 140 valence electrons. The highest BCUT2D eigenvalue weighted by Gasteiger charge is 2.30. The minimum atomic E-state index is -0.602. The standard InChI is InChI=1S/C17H27N3O5/c1-3-5-6-8-13(14(4-2)20(24)12-21)16(22)18-11-19-17(23)15-9-7-10-25-15/h7,9-10,12-14,24H,3-6,8,11H2,1-2H3,(H,18,22)(H,19,23)/t13-,14-/m1/s1. The molecule has 0 spiro atoms. The molecule has 2 atom stereocenters. The normalized spacial score (nSPS) is 12.9. The van der Waals surface area contributed by atoms with Crippen molar-refractivity contribution in [3.63, 3.8) is 0 Å². The Morgan fingerprint density at radius 1 is 1.32 bits per heavy atom. The van der Waals surface area contributed by atoms with E-state index in [2.05, 4.69) is 17.6 Å². The lowest BCUT2D eigenvalue weighted by Crippen LogP contribution is -2.47. The number of hydrogen-bond donors (Lipinski definition) is 3. The van der Waals surface area contributed by atoms with E-state index >= 15 is 0 Å². The summed E-state index contributed by atoms with van der Waals surface area (Å²) in [6, 6.07) is 2.51. The van der Waals surface area contributed by atoms with Crippen LogP contribution in [0.1, 0.15) is 56.5 Å². The molecule has 8 nitrogen and oxygen atoms in total. The summed E-state index contributed by atoms with van der Waals surface area (Å²) in [5.74, 6) is -1.14. The molecule has 1 aromatic rings. The van der Waals surface area contributed by atoms with E-state index < -0.39 is 17.9 Å². The van der Waals surface area contributed by atoms with E-state index in [4.69, 9.17) is 4.42 Å². The molecule has 0 saturated heterocycles. The van der Waals surface area contributed by atoms with Gasteiger partial charge in [0, 0.05) is 0 Å². The Bertz CT molecular complexity index is 532. The number of nitrogens with zero attached hydrogens (tertiary/aromatic N) is 1. The number of furan rings is 1. The Morgan fingerprint density at radius 3 is 2.64 bits per heavy atom. The van der Waals surface area contributed by atoms with Gasteiger partial charge in [-0.2, -0.15) is 0 Å². The topological polar surface area (TPSA) is 112 Å². The van der Waals surface area contributed by atoms with E-state index in [1.54, 1.807) is 13.0 Å². The van der Waals surface area contributed by atoms with Crippen LogP contribution in [0.15, 0.2) is 22.8 Å². The van der Waals surface area contributed by atoms with Crippen molar-refractivity contribution in [2.24, 2.45) is 5.92 Å². The van der Waals surface area contributed by atoms with Gasteiger partial charge in [0.15, 0.2) is 5.76 Å². The van der Waals surface area contributed by atoms with E-state index in [-0.39, 0.29) is 18.3 Å². The van der Waals surface area contributed by atoms with Crippen LogP contribution < -0.4 is 10.6 Å². The maximum atomic E-state index is 12.5. The van der Waals surface area contributed by atoms with Gasteiger partial charge in [0.25, 0.3) is 5.91 Å². The number of carbonyl (C=O) groups excluding carboxylic acids is 3. The number of hydrogen-bond acceptors (Lipinski definition) is 5. The molecular weight excluding hydrogens is 326 g/mol. The summed E-state index contributed by atoms with van der Waals surface area (Å²) < 4.78 is 4.96. The van der Waals surface area contributed by atoms with E-state index in [1.165, 1.54) is 12.3 Å². The summed E-state index contributed by atoms with van der Waals surface area (Å²) in [5.41, 5.74) is 0. The summed E-state index contributed by atoms with van der Waals surface area (Å²) >= 11 is 0. The Hall–Kier alpha value is -2.35. The van der Waals surface area contributed by atoms with Gasteiger partial charge in [-0.15, -0.1) is 0 Å². The maximum absolute atomic E-state index is 12.5. The van der Waals surface area contributed by atoms with Crippen molar-refractivity contribution < 1.29 is 24.0 Å². The Balaban J connectivity index is 2.61. The van der Waals surface area contributed by atoms with E-state index in [9.17, 15) is 19.6 Å². The zero-order valence-electron chi connectivity index (χ0n) is 14.7. The lowest BCUT2D eigenvalue weighted by molar-refractivity contribution is -0.168. The largest absolute Gasteiger partial charge is 0.459 e. The second kappa shape index (κ2) is 11.2. The monoisotopic (exact) mass is 353 g/mol. The molecule has 0 saturated carbocycles. The highest BCUT2D eigenvalue weighted by molar-refractivity contribution is 5.91. The van der Waals surface area contributed by atoms with Gasteiger partial charge in [-0.25, -0.2) is 5.06 Å². The average molecular weight is 353 g/mol. The summed E-state index contributed by atoms with van der Waals surface area (Å²) in [5, 5.41) is 15.4. The number of hydroxylamine groups is 2. The quantitative estimate of drug-likeness (QED) is 0.175. The van der Waals surface area contributed by atoms with Gasteiger partial charge in [-0.3, -0.25) is 19.6 Å². The molecule has 1 aromatic heterocycles. The predicted molar refractivity (Wildman–Crippen MR) is 90.6 cm³/mol. The fourth-order valence-electron chi connectivity index (χ4n) is 2.68. The second-order valence-electron chi connectivity index (χ2n) is 5.76. The van der Waals surface area contributed by atoms with Crippen molar-refractivity contribution in [3.05, 3.63) is 24.2 Å². The molecular formula is C17H27N3O5. The summed E-state index contributed by atoms with van der Waals surface area (Å²) in [4.78, 5) is 35.1. The summed E-state index contributed by atoms with van der Waals surface area (Å²) in [6.07, 6.45) is 5.47. The fourth-order valence-corrected chi connectivity index (χ4v) is 2.68. The van der Waals surface area contributed by atoms with Crippen LogP contribution in [0.3, 0.4) is 0 Å². The molecule has 0 aliphatic carbocycles. The van der Waals surface area contributed by atoms with E-state index in [1.807, 2.05) is 0 Å². The molecule has 0 bridgehead atoms. The van der Waals surface area contributed by atoms with Crippen LogP contribution in [-0.4, -0.2) is 41.2 Å². The minimum Gasteiger partial charge on any atom is -0.459 e. The van der Waals surface area contributed by atoms with Crippen molar-refractivity contribution in [2.45, 2.75) is 52.0 Å². The Kier molecular flexibility index (Phi) is 9.31. The number of nitrogens with one attached hydrogen (secondary N) is 2. The van der Waals surface area contributed by atoms with Crippen LogP contribution in [0, 0.1) is 5.92 Å². The third-order valence-corrected chi connectivity index (χ3v) is 4.04. The fraction of sp³-hybridized carbons (Fsp3) is 0.588. The van der Waals surface area contributed by atoms with Crippen LogP contribution >= 0.6 is 0 Å². The number of rotatable bonds is 12. The zero-order valence-corrected chi connectivity index (χ0v) is 14.7. The van der Waals surface area contributed by atoms with Crippen molar-refractivity contribution in [1.29, 1.82) is 0 Å². The van der Waals surface area contributed by atoms with Crippen molar-refractivity contribution in [2.75, 3.05) is 6.67 Å². The highest BCUT2D eigenvalue weighted by Crippen LogP contribution is 2.20. The van der Waals surface area contributed by atoms with Gasteiger partial charge in [-0.05, 0) is 25.0 Å². The summed E-state index contributed by atoms with van der Waals surface area (Å²) in [6.45, 7) is 3.79. The van der Waals surface area contributed by atoms with Crippen molar-refractivity contribution >= 4 is 18.2 Å². The van der Waals surface area contributed by atoms with Crippen LogP contribution in [0.2, 0.25) is 0 Å². The smallest absolute Gasteiger partial charge is 0.288 e. The lowest BCUT2D eigenvalue weighted by Gasteiger charge is -2.29. The molecule has 0 aromatic carbocycles. The van der Waals surface area contributed by atoms with Gasteiger partial charge in [0.1, 0.15) is 0 Å². The molecule has 0 fully saturated rings. The number of amides is 3. The molecule has 3 N–H and O–H groups in total. The molecule has 8 heteroatoms. The SMILES string of the molecule is CCCCC[C@@H](C(=O)NCNC(=O)c1ccco1)[C@@H](CC)N(O)C=O. The van der Waals surface area contributed by atoms with Crippen molar-refractivity contribution in [1.82, 2.24) is 15.7 Å². The number of carbonyl (C=O) groups is 3. The first kappa shape index (κ1) is 20.7. The third-order valence-electron chi connectivity index (χ3n) is 4.04. The van der Waals surface area contributed by atoms with Crippen molar-refractivity contribution in [3.8, 4) is 0 Å². The van der Waals surface area contributed by atoms with Gasteiger partial charge in [-0.1, -0.05) is 33.1 Å². The molecule has 1 rings (SSSR count). The lowest BCUT2D eigenvalue weighted by atomic mass is 9.90. The Labute approximate surface area is 147 Å². The van der Waals surface area contributed by atoms with Gasteiger partial charge >= 0.3 is 0 Å². The van der Waals surface area contributed by atoms with Gasteiger partial charge in [0.2, 0.25) is 12.3 Å². The van der Waals surface area contributed by atoms with Crippen LogP contribution in [0.4, 0.5) is 0 Å². The molecule has 0 aliphatic rings. The van der Waals surface area contributed by atoms with Gasteiger partial charge in [0.05, 0.1) is 24.9 Å². The molecule has 25 heavy (non-hydrogen) atoms. The first-order valence-electron chi connectivity index (χ1n) is 8.57. The molecule has 1 heterocycles. The predicted octanol–water partition coefficient (Wildman–Crippen LogP) is 1.91. The Morgan fingerprint density at radius 2 is 2.08 bits per heavy atom. The molecule has 3 amide bonds. The van der Waals surface area contributed by atoms with Crippen LogP contribution in [-0.2, 0) is 9.59 Å². The van der Waals surface area contributed by atoms with E-state index in [0.717, 1.165) is 19.3 Å². The van der Waals surface area contributed by atoms with Crippen LogP contribution in [0.5, 0.6) is 0 Å². The van der Waals surface area contributed by atoms with E-state index in [0.29, 0.717) is 24.3 Å². The maximum Gasteiger partial charge on any atom is 0.288 e. The molecule has 0 unspecified atom stereocenters. The second-order valence-corrected chi connectivity index (χ2v) is 5.76. The molecule has 0 radical (unpaired) electrons. The average Bonchev–Trinajstić information content (AvgIpc) is 3.15. The highest BCUT2D eigenvalue weighted by atomic mass is 16.5. The number of unbranched alkanes of at least 4 members (excludes halogenated alkanes) is 2. The first-order chi connectivity index (χ1) is 12.0. The third kappa shape index (κ3) is 6.58. The van der Waals surface area contributed by atoms with Gasteiger partial charge < -0.3 is 15.1 Å². The van der Waals surface area contributed by atoms with Crippen LogP contribution in [0.25, 0.3) is 0 Å². The zero-order chi connectivity index (χ0) is 18.7.